The van der Waals surface area contributed by atoms with E-state index in [1.165, 1.54) is 0 Å². The van der Waals surface area contributed by atoms with Gasteiger partial charge in [-0.15, -0.1) is 0 Å². The number of para-hydroxylation sites is 2. The van der Waals surface area contributed by atoms with Crippen LogP contribution in [-0.4, -0.2) is 38.4 Å². The van der Waals surface area contributed by atoms with E-state index in [0.29, 0.717) is 6.54 Å². The summed E-state index contributed by atoms with van der Waals surface area (Å²) in [7, 11) is 1.73. The van der Waals surface area contributed by atoms with E-state index >= 15 is 0 Å². The SMILES string of the molecule is COC(C)C(C)(CN)N1CCCOc2ccccc21. The molecule has 0 aliphatic carbocycles. The number of benzene rings is 1. The molecule has 1 aromatic carbocycles. The Labute approximate surface area is 115 Å². The number of ether oxygens (including phenoxy) is 2. The Hall–Kier alpha value is -1.26. The average Bonchev–Trinajstić information content (AvgIpc) is 2.68. The lowest BCUT2D eigenvalue weighted by atomic mass is 9.92. The van der Waals surface area contributed by atoms with Crippen molar-refractivity contribution in [2.75, 3.05) is 31.7 Å². The zero-order valence-electron chi connectivity index (χ0n) is 12.1. The number of nitrogens with zero attached hydrogens (tertiary/aromatic N) is 1. The molecule has 1 aliphatic rings. The van der Waals surface area contributed by atoms with E-state index in [9.17, 15) is 0 Å². The number of hydrogen-bond donors (Lipinski definition) is 1. The quantitative estimate of drug-likeness (QED) is 0.904. The molecule has 2 unspecified atom stereocenters. The van der Waals surface area contributed by atoms with Crippen molar-refractivity contribution in [3.63, 3.8) is 0 Å². The van der Waals surface area contributed by atoms with E-state index in [1.54, 1.807) is 7.11 Å². The number of anilines is 1. The summed E-state index contributed by atoms with van der Waals surface area (Å²) in [5.41, 5.74) is 6.93. The number of hydrogen-bond acceptors (Lipinski definition) is 4. The molecule has 4 heteroatoms. The van der Waals surface area contributed by atoms with Crippen LogP contribution < -0.4 is 15.4 Å². The second-order valence-electron chi connectivity index (χ2n) is 5.26. The Morgan fingerprint density at radius 2 is 2.21 bits per heavy atom. The lowest BCUT2D eigenvalue weighted by molar-refractivity contribution is 0.0558. The predicted molar refractivity (Wildman–Crippen MR) is 77.8 cm³/mol. The van der Waals surface area contributed by atoms with Crippen molar-refractivity contribution in [1.29, 1.82) is 0 Å². The van der Waals surface area contributed by atoms with E-state index in [2.05, 4.69) is 24.8 Å². The molecule has 1 aromatic rings. The Morgan fingerprint density at radius 3 is 2.89 bits per heavy atom. The fourth-order valence-electron chi connectivity index (χ4n) is 2.61. The molecule has 0 amide bonds. The first-order valence-corrected chi connectivity index (χ1v) is 6.86. The maximum Gasteiger partial charge on any atom is 0.142 e. The van der Waals surface area contributed by atoms with Crippen LogP contribution in [0.4, 0.5) is 5.69 Å². The summed E-state index contributed by atoms with van der Waals surface area (Å²) in [5.74, 6) is 0.933. The van der Waals surface area contributed by atoms with Crippen molar-refractivity contribution in [1.82, 2.24) is 0 Å². The third kappa shape index (κ3) is 2.55. The molecule has 0 spiro atoms. The van der Waals surface area contributed by atoms with Gasteiger partial charge in [0.1, 0.15) is 5.75 Å². The van der Waals surface area contributed by atoms with Gasteiger partial charge in [0.25, 0.3) is 0 Å². The van der Waals surface area contributed by atoms with Crippen LogP contribution in [0.25, 0.3) is 0 Å². The lowest BCUT2D eigenvalue weighted by Gasteiger charge is -2.45. The maximum absolute atomic E-state index is 6.06. The molecule has 2 rings (SSSR count). The van der Waals surface area contributed by atoms with Crippen molar-refractivity contribution in [2.45, 2.75) is 31.9 Å². The average molecular weight is 264 g/mol. The first-order valence-electron chi connectivity index (χ1n) is 6.86. The molecule has 0 aromatic heterocycles. The van der Waals surface area contributed by atoms with Crippen molar-refractivity contribution >= 4 is 5.69 Å². The maximum atomic E-state index is 6.06. The van der Waals surface area contributed by atoms with Crippen LogP contribution in [0.2, 0.25) is 0 Å². The van der Waals surface area contributed by atoms with Crippen LogP contribution in [0.5, 0.6) is 5.75 Å². The fraction of sp³-hybridized carbons (Fsp3) is 0.600. The van der Waals surface area contributed by atoms with Gasteiger partial charge in [0.2, 0.25) is 0 Å². The highest BCUT2D eigenvalue weighted by Gasteiger charge is 2.38. The molecule has 0 fully saturated rings. The molecule has 1 aliphatic heterocycles. The van der Waals surface area contributed by atoms with Gasteiger partial charge in [0, 0.05) is 20.2 Å². The monoisotopic (exact) mass is 264 g/mol. The lowest BCUT2D eigenvalue weighted by Crippen LogP contribution is -2.59. The summed E-state index contributed by atoms with van der Waals surface area (Å²) >= 11 is 0. The minimum atomic E-state index is -0.238. The zero-order valence-corrected chi connectivity index (χ0v) is 12.1. The second kappa shape index (κ2) is 5.80. The highest BCUT2D eigenvalue weighted by Crippen LogP contribution is 2.36. The summed E-state index contributed by atoms with van der Waals surface area (Å²) in [4.78, 5) is 2.34. The highest BCUT2D eigenvalue weighted by atomic mass is 16.5. The second-order valence-corrected chi connectivity index (χ2v) is 5.26. The summed E-state index contributed by atoms with van der Waals surface area (Å²) in [6.45, 7) is 6.44. The molecular weight excluding hydrogens is 240 g/mol. The van der Waals surface area contributed by atoms with Gasteiger partial charge in [-0.2, -0.15) is 0 Å². The van der Waals surface area contributed by atoms with E-state index in [0.717, 1.165) is 31.0 Å². The van der Waals surface area contributed by atoms with Crippen LogP contribution in [0.3, 0.4) is 0 Å². The van der Waals surface area contributed by atoms with Crippen molar-refractivity contribution in [3.8, 4) is 5.75 Å². The minimum absolute atomic E-state index is 0.0451. The summed E-state index contributed by atoms with van der Waals surface area (Å²) in [5, 5.41) is 0. The first kappa shape index (κ1) is 14.2. The number of fused-ring (bicyclic) bond motifs is 1. The van der Waals surface area contributed by atoms with Gasteiger partial charge in [-0.05, 0) is 32.4 Å². The molecule has 106 valence electrons. The van der Waals surface area contributed by atoms with Gasteiger partial charge in [-0.3, -0.25) is 0 Å². The summed E-state index contributed by atoms with van der Waals surface area (Å²) < 4.78 is 11.4. The Kier molecular flexibility index (Phi) is 4.32. The smallest absolute Gasteiger partial charge is 0.142 e. The Bertz CT molecular complexity index is 424. The molecule has 0 saturated carbocycles. The van der Waals surface area contributed by atoms with Gasteiger partial charge >= 0.3 is 0 Å². The molecule has 0 bridgehead atoms. The molecule has 2 atom stereocenters. The van der Waals surface area contributed by atoms with E-state index in [1.807, 2.05) is 18.2 Å². The van der Waals surface area contributed by atoms with Crippen molar-refractivity contribution in [3.05, 3.63) is 24.3 Å². The standard InChI is InChI=1S/C15H24N2O2/c1-12(18-3)15(2,11-16)17-9-6-10-19-14-8-5-4-7-13(14)17/h4-5,7-8,12H,6,9-11,16H2,1-3H3. The van der Waals surface area contributed by atoms with Crippen LogP contribution in [-0.2, 0) is 4.74 Å². The fourth-order valence-corrected chi connectivity index (χ4v) is 2.61. The number of methoxy groups -OCH3 is 1. The van der Waals surface area contributed by atoms with Gasteiger partial charge < -0.3 is 20.1 Å². The first-order chi connectivity index (χ1) is 9.13. The predicted octanol–water partition coefficient (Wildman–Crippen LogP) is 2.03. The normalized spacial score (nSPS) is 19.9. The Morgan fingerprint density at radius 1 is 1.47 bits per heavy atom. The summed E-state index contributed by atoms with van der Waals surface area (Å²) in [6, 6.07) is 8.15. The van der Waals surface area contributed by atoms with E-state index in [-0.39, 0.29) is 11.6 Å². The van der Waals surface area contributed by atoms with Gasteiger partial charge in [-0.1, -0.05) is 12.1 Å². The zero-order chi connectivity index (χ0) is 13.9. The number of rotatable bonds is 4. The molecule has 1 heterocycles. The molecule has 0 radical (unpaired) electrons. The van der Waals surface area contributed by atoms with Gasteiger partial charge in [0.05, 0.1) is 23.9 Å². The highest BCUT2D eigenvalue weighted by molar-refractivity contribution is 5.61. The van der Waals surface area contributed by atoms with Crippen LogP contribution >= 0.6 is 0 Å². The third-order valence-corrected chi connectivity index (χ3v) is 4.20. The topological polar surface area (TPSA) is 47.7 Å². The molecular formula is C15H24N2O2. The van der Waals surface area contributed by atoms with E-state index < -0.39 is 0 Å². The molecule has 2 N–H and O–H groups in total. The Balaban J connectivity index is 2.42. The van der Waals surface area contributed by atoms with Crippen LogP contribution in [0.15, 0.2) is 24.3 Å². The largest absolute Gasteiger partial charge is 0.491 e. The van der Waals surface area contributed by atoms with Crippen LogP contribution in [0.1, 0.15) is 20.3 Å². The van der Waals surface area contributed by atoms with Gasteiger partial charge in [-0.25, -0.2) is 0 Å². The van der Waals surface area contributed by atoms with E-state index in [4.69, 9.17) is 15.2 Å². The summed E-state index contributed by atoms with van der Waals surface area (Å²) in [6.07, 6.45) is 1.03. The number of nitrogens with two attached hydrogens (primary N) is 1. The third-order valence-electron chi connectivity index (χ3n) is 4.20. The van der Waals surface area contributed by atoms with Gasteiger partial charge in [0.15, 0.2) is 0 Å². The van der Waals surface area contributed by atoms with Crippen LogP contribution in [0, 0.1) is 0 Å². The van der Waals surface area contributed by atoms with Crippen molar-refractivity contribution < 1.29 is 9.47 Å². The minimum Gasteiger partial charge on any atom is -0.491 e. The molecule has 0 saturated heterocycles. The molecule has 19 heavy (non-hydrogen) atoms. The van der Waals surface area contributed by atoms with Crippen molar-refractivity contribution in [2.24, 2.45) is 5.73 Å². The molecule has 4 nitrogen and oxygen atoms in total.